The van der Waals surface area contributed by atoms with Gasteiger partial charge in [0.2, 0.25) is 5.91 Å². The Morgan fingerprint density at radius 3 is 2.67 bits per heavy atom. The fourth-order valence-electron chi connectivity index (χ4n) is 2.93. The highest BCUT2D eigenvalue weighted by Crippen LogP contribution is 2.29. The number of fused-ring (bicyclic) bond motifs is 1. The molecule has 13 heteroatoms. The molecular weight excluding hydrogens is 461 g/mol. The Kier molecular flexibility index (Phi) is 7.59. The Hall–Kier alpha value is -3.12. The summed E-state index contributed by atoms with van der Waals surface area (Å²) in [6.07, 6.45) is -1.29. The van der Waals surface area contributed by atoms with Crippen molar-refractivity contribution >= 4 is 40.2 Å². The number of aromatic nitrogens is 4. The molecule has 1 amide bonds. The van der Waals surface area contributed by atoms with Gasteiger partial charge in [-0.25, -0.2) is 15.0 Å². The average Bonchev–Trinajstić information content (AvgIpc) is 3.14. The number of carbonyl (C=O) groups excluding carboxylic acids is 1. The minimum absolute atomic E-state index is 0.270. The molecule has 0 bridgehead atoms. The number of carbonyl (C=O) groups is 1. The summed E-state index contributed by atoms with van der Waals surface area (Å²) in [6, 6.07) is 2.35. The van der Waals surface area contributed by atoms with Gasteiger partial charge in [-0.05, 0) is 27.1 Å². The van der Waals surface area contributed by atoms with Gasteiger partial charge < -0.3 is 25.8 Å². The molecule has 33 heavy (non-hydrogen) atoms. The van der Waals surface area contributed by atoms with E-state index in [1.807, 2.05) is 24.3 Å². The molecule has 0 radical (unpaired) electrons. The van der Waals surface area contributed by atoms with E-state index >= 15 is 0 Å². The lowest BCUT2D eigenvalue weighted by Crippen LogP contribution is -2.42. The molecule has 0 saturated carbocycles. The van der Waals surface area contributed by atoms with Crippen LogP contribution in [0, 0.1) is 0 Å². The number of halogens is 4. The number of hydrogen-bond acceptors (Lipinski definition) is 7. The second-order valence-corrected chi connectivity index (χ2v) is 8.08. The van der Waals surface area contributed by atoms with Crippen LogP contribution in [0.5, 0.6) is 0 Å². The van der Waals surface area contributed by atoms with E-state index in [2.05, 4.69) is 30.6 Å². The van der Waals surface area contributed by atoms with Crippen molar-refractivity contribution < 1.29 is 18.0 Å². The van der Waals surface area contributed by atoms with Crippen LogP contribution in [-0.2, 0) is 4.79 Å². The summed E-state index contributed by atoms with van der Waals surface area (Å²) in [6.45, 7) is 1.37. The molecule has 3 aromatic rings. The van der Waals surface area contributed by atoms with Crippen molar-refractivity contribution in [3.05, 3.63) is 29.5 Å². The highest BCUT2D eigenvalue weighted by Gasteiger charge is 2.28. The van der Waals surface area contributed by atoms with Crippen LogP contribution >= 0.6 is 11.6 Å². The van der Waals surface area contributed by atoms with Gasteiger partial charge in [0.15, 0.2) is 5.82 Å². The van der Waals surface area contributed by atoms with Crippen molar-refractivity contribution in [3.8, 4) is 11.4 Å². The summed E-state index contributed by atoms with van der Waals surface area (Å²) in [5, 5.41) is 9.04. The number of likely N-dealkylation sites (N-methyl/N-ethyl adjacent to an activating group) is 1. The van der Waals surface area contributed by atoms with Crippen molar-refractivity contribution in [2.45, 2.75) is 19.1 Å². The molecule has 178 valence electrons. The molecule has 1 atom stereocenters. The number of rotatable bonds is 9. The van der Waals surface area contributed by atoms with E-state index in [1.54, 1.807) is 18.3 Å². The highest BCUT2D eigenvalue weighted by atomic mass is 35.5. The van der Waals surface area contributed by atoms with Gasteiger partial charge in [0.1, 0.15) is 29.9 Å². The lowest BCUT2D eigenvalue weighted by molar-refractivity contribution is -0.138. The summed E-state index contributed by atoms with van der Waals surface area (Å²) in [4.78, 5) is 30.4. The van der Waals surface area contributed by atoms with Gasteiger partial charge in [-0.2, -0.15) is 13.2 Å². The number of aromatic amines is 1. The first-order valence-corrected chi connectivity index (χ1v) is 10.4. The second-order valence-electron chi connectivity index (χ2n) is 7.64. The zero-order chi connectivity index (χ0) is 24.2. The molecule has 3 aromatic heterocycles. The van der Waals surface area contributed by atoms with E-state index in [4.69, 9.17) is 11.6 Å². The zero-order valence-electron chi connectivity index (χ0n) is 18.2. The molecule has 0 aliphatic heterocycles. The van der Waals surface area contributed by atoms with Crippen LogP contribution in [0.1, 0.15) is 6.92 Å². The standard InChI is InChI=1S/C20H24ClF3N8O/c1-11(19(33)28-10-20(22,23)24)29-16-7-15(25-4-5-32(2)3)30-18(31-16)14-9-27-17-13(14)6-12(21)8-26-17/h6-9,11H,4-5,10H2,1-3H3,(H,26,27)(H,28,33)(H2,25,29,30,31)/t11-/m0/s1. The van der Waals surface area contributed by atoms with Crippen LogP contribution in [0.4, 0.5) is 24.8 Å². The summed E-state index contributed by atoms with van der Waals surface area (Å²) in [7, 11) is 3.87. The third-order valence-electron chi connectivity index (χ3n) is 4.55. The summed E-state index contributed by atoms with van der Waals surface area (Å²) >= 11 is 6.09. The van der Waals surface area contributed by atoms with Gasteiger partial charge in [0, 0.05) is 42.5 Å². The summed E-state index contributed by atoms with van der Waals surface area (Å²) < 4.78 is 37.2. The van der Waals surface area contributed by atoms with Crippen molar-refractivity contribution in [2.24, 2.45) is 0 Å². The molecule has 3 heterocycles. The van der Waals surface area contributed by atoms with E-state index in [0.717, 1.165) is 6.54 Å². The lowest BCUT2D eigenvalue weighted by atomic mass is 10.2. The van der Waals surface area contributed by atoms with Gasteiger partial charge in [-0.3, -0.25) is 4.79 Å². The van der Waals surface area contributed by atoms with E-state index in [0.29, 0.717) is 39.8 Å². The molecule has 3 rings (SSSR count). The maximum absolute atomic E-state index is 12.4. The number of amides is 1. The fourth-order valence-corrected chi connectivity index (χ4v) is 3.09. The number of nitrogens with zero attached hydrogens (tertiary/aromatic N) is 4. The van der Waals surface area contributed by atoms with Crippen LogP contribution in [-0.4, -0.2) is 76.7 Å². The Bertz CT molecular complexity index is 1120. The quantitative estimate of drug-likeness (QED) is 0.369. The third-order valence-corrected chi connectivity index (χ3v) is 4.76. The molecule has 0 spiro atoms. The molecule has 0 fully saturated rings. The first kappa shape index (κ1) is 24.5. The molecule has 0 saturated heterocycles. The number of hydrogen-bond donors (Lipinski definition) is 4. The first-order valence-electron chi connectivity index (χ1n) is 10.0. The van der Waals surface area contributed by atoms with Gasteiger partial charge >= 0.3 is 6.18 Å². The largest absolute Gasteiger partial charge is 0.405 e. The molecule has 0 aliphatic rings. The smallest absolute Gasteiger partial charge is 0.369 e. The van der Waals surface area contributed by atoms with Crippen LogP contribution in [0.15, 0.2) is 24.5 Å². The Morgan fingerprint density at radius 2 is 1.97 bits per heavy atom. The predicted octanol–water partition coefficient (Wildman–Crippen LogP) is 3.13. The maximum Gasteiger partial charge on any atom is 0.405 e. The van der Waals surface area contributed by atoms with Crippen LogP contribution in [0.3, 0.4) is 0 Å². The highest BCUT2D eigenvalue weighted by molar-refractivity contribution is 6.31. The number of pyridine rings is 1. The average molecular weight is 485 g/mol. The van der Waals surface area contributed by atoms with Crippen molar-refractivity contribution in [2.75, 3.05) is 44.4 Å². The van der Waals surface area contributed by atoms with Crippen molar-refractivity contribution in [1.82, 2.24) is 30.2 Å². The number of anilines is 2. The van der Waals surface area contributed by atoms with Gasteiger partial charge in [-0.1, -0.05) is 11.6 Å². The Balaban J connectivity index is 1.89. The first-order chi connectivity index (χ1) is 15.5. The van der Waals surface area contributed by atoms with Gasteiger partial charge in [-0.15, -0.1) is 0 Å². The molecule has 4 N–H and O–H groups in total. The molecular formula is C20H24ClF3N8O. The lowest BCUT2D eigenvalue weighted by Gasteiger charge is -2.17. The summed E-state index contributed by atoms with van der Waals surface area (Å²) in [5.74, 6) is 0.270. The number of alkyl halides is 3. The third kappa shape index (κ3) is 6.93. The monoisotopic (exact) mass is 484 g/mol. The minimum Gasteiger partial charge on any atom is -0.369 e. The maximum atomic E-state index is 12.4. The van der Waals surface area contributed by atoms with E-state index in [9.17, 15) is 18.0 Å². The van der Waals surface area contributed by atoms with Gasteiger partial charge in [0.25, 0.3) is 0 Å². The minimum atomic E-state index is -4.49. The number of H-pyrrole nitrogens is 1. The topological polar surface area (TPSA) is 111 Å². The molecule has 0 aromatic carbocycles. The normalized spacial score (nSPS) is 12.7. The molecule has 9 nitrogen and oxygen atoms in total. The van der Waals surface area contributed by atoms with Crippen LogP contribution in [0.25, 0.3) is 22.4 Å². The van der Waals surface area contributed by atoms with Crippen molar-refractivity contribution in [3.63, 3.8) is 0 Å². The number of nitrogens with one attached hydrogen (secondary N) is 4. The fraction of sp³-hybridized carbons (Fsp3) is 0.400. The van der Waals surface area contributed by atoms with E-state index in [1.165, 1.54) is 13.1 Å². The van der Waals surface area contributed by atoms with E-state index in [-0.39, 0.29) is 5.82 Å². The predicted molar refractivity (Wildman–Crippen MR) is 121 cm³/mol. The Labute approximate surface area is 193 Å². The van der Waals surface area contributed by atoms with Crippen LogP contribution < -0.4 is 16.0 Å². The SMILES string of the molecule is C[C@H](Nc1cc(NCCN(C)C)nc(-c2c[nH]c3ncc(Cl)cc23)n1)C(=O)NCC(F)(F)F. The van der Waals surface area contributed by atoms with Crippen molar-refractivity contribution in [1.29, 1.82) is 0 Å². The Morgan fingerprint density at radius 1 is 1.24 bits per heavy atom. The molecule has 0 unspecified atom stereocenters. The summed E-state index contributed by atoms with van der Waals surface area (Å²) in [5.41, 5.74) is 1.23. The second kappa shape index (κ2) is 10.2. The van der Waals surface area contributed by atoms with Gasteiger partial charge in [0.05, 0.1) is 5.02 Å². The van der Waals surface area contributed by atoms with E-state index < -0.39 is 24.7 Å². The molecule has 0 aliphatic carbocycles. The zero-order valence-corrected chi connectivity index (χ0v) is 19.0. The van der Waals surface area contributed by atoms with Crippen LogP contribution in [0.2, 0.25) is 5.02 Å².